The van der Waals surface area contributed by atoms with Crippen LogP contribution in [-0.2, 0) is 9.53 Å². The number of aliphatic hydroxyl groups excluding tert-OH is 1. The second-order valence-electron chi connectivity index (χ2n) is 8.08. The van der Waals surface area contributed by atoms with E-state index in [1.807, 2.05) is 0 Å². The SMILES string of the molecule is C[C@@H](/C=C/C(=O)Nc1ccccc1N)[C@H](OC(=O)NC(=O)c1ccccc1)c1ccc(OCCO)cc1. The molecule has 9 heteroatoms. The second kappa shape index (κ2) is 13.5. The Balaban J connectivity index is 1.74. The highest BCUT2D eigenvalue weighted by atomic mass is 16.6. The fraction of sp³-hybridized carbons (Fsp3) is 0.179. The van der Waals surface area contributed by atoms with E-state index in [0.717, 1.165) is 0 Å². The van der Waals surface area contributed by atoms with E-state index in [1.165, 1.54) is 6.08 Å². The molecular formula is C28H29N3O6. The maximum atomic E-state index is 12.6. The third kappa shape index (κ3) is 8.22. The summed E-state index contributed by atoms with van der Waals surface area (Å²) in [5, 5.41) is 13.9. The van der Waals surface area contributed by atoms with Gasteiger partial charge in [-0.3, -0.25) is 14.9 Å². The van der Waals surface area contributed by atoms with Crippen LogP contribution in [0.5, 0.6) is 5.75 Å². The van der Waals surface area contributed by atoms with Gasteiger partial charge in [0.05, 0.1) is 18.0 Å². The molecule has 0 aromatic heterocycles. The summed E-state index contributed by atoms with van der Waals surface area (Å²) in [5.74, 6) is -0.927. The number of nitrogens with two attached hydrogens (primary N) is 1. The number of hydrogen-bond acceptors (Lipinski definition) is 7. The van der Waals surface area contributed by atoms with Crippen LogP contribution < -0.4 is 21.1 Å². The molecule has 0 spiro atoms. The maximum Gasteiger partial charge on any atom is 0.414 e. The number of imide groups is 1. The molecule has 0 aliphatic carbocycles. The lowest BCUT2D eigenvalue weighted by Gasteiger charge is -2.23. The molecule has 9 nitrogen and oxygen atoms in total. The van der Waals surface area contributed by atoms with Crippen LogP contribution in [0.3, 0.4) is 0 Å². The zero-order valence-corrected chi connectivity index (χ0v) is 20.3. The highest BCUT2D eigenvalue weighted by Crippen LogP contribution is 2.29. The van der Waals surface area contributed by atoms with Crippen LogP contribution in [0.2, 0.25) is 0 Å². The second-order valence-corrected chi connectivity index (χ2v) is 8.08. The molecule has 192 valence electrons. The Labute approximate surface area is 214 Å². The van der Waals surface area contributed by atoms with Gasteiger partial charge < -0.3 is 25.6 Å². The number of nitrogens with one attached hydrogen (secondary N) is 2. The lowest BCUT2D eigenvalue weighted by Crippen LogP contribution is -2.33. The van der Waals surface area contributed by atoms with Gasteiger partial charge in [-0.25, -0.2) is 4.79 Å². The Hall–Kier alpha value is -4.63. The summed E-state index contributed by atoms with van der Waals surface area (Å²) >= 11 is 0. The summed E-state index contributed by atoms with van der Waals surface area (Å²) in [6.45, 7) is 1.79. The summed E-state index contributed by atoms with van der Waals surface area (Å²) in [5.41, 5.74) is 7.71. The Morgan fingerprint density at radius 3 is 2.32 bits per heavy atom. The number of rotatable bonds is 10. The number of carbonyl (C=O) groups excluding carboxylic acids is 3. The molecule has 3 aromatic carbocycles. The fourth-order valence-electron chi connectivity index (χ4n) is 3.42. The van der Waals surface area contributed by atoms with Gasteiger partial charge in [0.25, 0.3) is 5.91 Å². The summed E-state index contributed by atoms with van der Waals surface area (Å²) in [4.78, 5) is 37.4. The number of para-hydroxylation sites is 2. The van der Waals surface area contributed by atoms with Gasteiger partial charge >= 0.3 is 6.09 Å². The molecule has 0 aliphatic heterocycles. The van der Waals surface area contributed by atoms with Crippen molar-refractivity contribution in [2.75, 3.05) is 24.3 Å². The average Bonchev–Trinajstić information content (AvgIpc) is 2.91. The molecule has 0 bridgehead atoms. The number of aliphatic hydroxyl groups is 1. The summed E-state index contributed by atoms with van der Waals surface area (Å²) in [7, 11) is 0. The first-order chi connectivity index (χ1) is 17.9. The predicted molar refractivity (Wildman–Crippen MR) is 140 cm³/mol. The Morgan fingerprint density at radius 2 is 1.65 bits per heavy atom. The van der Waals surface area contributed by atoms with Gasteiger partial charge in [0.15, 0.2) is 0 Å². The molecule has 0 fully saturated rings. The van der Waals surface area contributed by atoms with Gasteiger partial charge in [-0.2, -0.15) is 0 Å². The zero-order chi connectivity index (χ0) is 26.6. The third-order valence-corrected chi connectivity index (χ3v) is 5.30. The third-order valence-electron chi connectivity index (χ3n) is 5.30. The first-order valence-corrected chi connectivity index (χ1v) is 11.6. The van der Waals surface area contributed by atoms with Crippen LogP contribution in [0.25, 0.3) is 0 Å². The highest BCUT2D eigenvalue weighted by Gasteiger charge is 2.24. The first-order valence-electron chi connectivity index (χ1n) is 11.6. The van der Waals surface area contributed by atoms with E-state index >= 15 is 0 Å². The molecule has 0 unspecified atom stereocenters. The van der Waals surface area contributed by atoms with E-state index in [9.17, 15) is 14.4 Å². The van der Waals surface area contributed by atoms with Crippen LogP contribution in [0.4, 0.5) is 16.2 Å². The average molecular weight is 504 g/mol. The number of hydrogen-bond donors (Lipinski definition) is 4. The van der Waals surface area contributed by atoms with Gasteiger partial charge in [-0.15, -0.1) is 0 Å². The van der Waals surface area contributed by atoms with Crippen molar-refractivity contribution >= 4 is 29.3 Å². The van der Waals surface area contributed by atoms with Crippen molar-refractivity contribution in [2.24, 2.45) is 5.92 Å². The van der Waals surface area contributed by atoms with E-state index in [4.69, 9.17) is 20.3 Å². The molecule has 2 atom stereocenters. The number of alkyl carbamates (subject to hydrolysis) is 1. The van der Waals surface area contributed by atoms with E-state index in [0.29, 0.717) is 28.3 Å². The van der Waals surface area contributed by atoms with Gasteiger partial charge in [0.1, 0.15) is 18.5 Å². The van der Waals surface area contributed by atoms with Gasteiger partial charge in [0, 0.05) is 11.5 Å². The number of ether oxygens (including phenoxy) is 2. The van der Waals surface area contributed by atoms with Crippen molar-refractivity contribution in [2.45, 2.75) is 13.0 Å². The Morgan fingerprint density at radius 1 is 0.973 bits per heavy atom. The number of carbonyl (C=O) groups is 3. The minimum Gasteiger partial charge on any atom is -0.491 e. The van der Waals surface area contributed by atoms with Crippen molar-refractivity contribution in [3.05, 3.63) is 102 Å². The molecule has 3 aromatic rings. The summed E-state index contributed by atoms with van der Waals surface area (Å²) < 4.78 is 11.0. The van der Waals surface area contributed by atoms with Crippen molar-refractivity contribution in [3.8, 4) is 5.75 Å². The topological polar surface area (TPSA) is 140 Å². The molecule has 3 amide bonds. The lowest BCUT2D eigenvalue weighted by molar-refractivity contribution is -0.111. The molecule has 0 saturated carbocycles. The fourth-order valence-corrected chi connectivity index (χ4v) is 3.42. The molecule has 0 radical (unpaired) electrons. The number of nitrogen functional groups attached to an aromatic ring is 1. The van der Waals surface area contributed by atoms with E-state index in [-0.39, 0.29) is 13.2 Å². The number of anilines is 2. The maximum absolute atomic E-state index is 12.6. The molecule has 37 heavy (non-hydrogen) atoms. The van der Waals surface area contributed by atoms with Crippen LogP contribution in [0.15, 0.2) is 91.0 Å². The minimum absolute atomic E-state index is 0.123. The molecular weight excluding hydrogens is 474 g/mol. The Kier molecular flexibility index (Phi) is 9.81. The quantitative estimate of drug-likeness (QED) is 0.241. The molecule has 0 saturated heterocycles. The monoisotopic (exact) mass is 503 g/mol. The molecule has 3 rings (SSSR count). The zero-order valence-electron chi connectivity index (χ0n) is 20.3. The summed E-state index contributed by atoms with van der Waals surface area (Å²) in [6.07, 6.45) is 1.17. The molecule has 0 heterocycles. The minimum atomic E-state index is -0.929. The lowest BCUT2D eigenvalue weighted by atomic mass is 9.96. The summed E-state index contributed by atoms with van der Waals surface area (Å²) in [6, 6.07) is 21.9. The van der Waals surface area contributed by atoms with Crippen LogP contribution in [0, 0.1) is 5.92 Å². The van der Waals surface area contributed by atoms with Crippen LogP contribution in [-0.4, -0.2) is 36.2 Å². The predicted octanol–water partition coefficient (Wildman–Crippen LogP) is 4.08. The van der Waals surface area contributed by atoms with Gasteiger partial charge in [-0.05, 0) is 48.0 Å². The Bertz CT molecular complexity index is 1230. The van der Waals surface area contributed by atoms with E-state index in [2.05, 4.69) is 10.6 Å². The first kappa shape index (κ1) is 27.0. The standard InChI is InChI=1S/C28H29N3O6/c1-19(11-16-25(33)30-24-10-6-5-9-23(24)29)26(20-12-14-22(15-13-20)36-18-17-32)37-28(35)31-27(34)21-7-3-2-4-8-21/h2-16,19,26,32H,17-18,29H2,1H3,(H,30,33)(H,31,34,35)/b16-11+/t19-,26-/m0/s1. The largest absolute Gasteiger partial charge is 0.491 e. The van der Waals surface area contributed by atoms with Crippen molar-refractivity contribution < 1.29 is 29.0 Å². The molecule has 0 aliphatic rings. The van der Waals surface area contributed by atoms with Gasteiger partial charge in [0.2, 0.25) is 5.91 Å². The highest BCUT2D eigenvalue weighted by molar-refractivity contribution is 6.03. The van der Waals surface area contributed by atoms with Crippen molar-refractivity contribution in [1.29, 1.82) is 0 Å². The normalized spacial score (nSPS) is 12.4. The number of benzene rings is 3. The van der Waals surface area contributed by atoms with E-state index in [1.54, 1.807) is 91.9 Å². The van der Waals surface area contributed by atoms with Gasteiger partial charge in [-0.1, -0.05) is 55.5 Å². The van der Waals surface area contributed by atoms with E-state index < -0.39 is 29.9 Å². The number of amides is 3. The van der Waals surface area contributed by atoms with Crippen LogP contribution in [0.1, 0.15) is 28.9 Å². The smallest absolute Gasteiger partial charge is 0.414 e. The van der Waals surface area contributed by atoms with Crippen molar-refractivity contribution in [1.82, 2.24) is 5.32 Å². The molecule has 5 N–H and O–H groups in total. The van der Waals surface area contributed by atoms with Crippen LogP contribution >= 0.6 is 0 Å². The van der Waals surface area contributed by atoms with Crippen molar-refractivity contribution in [3.63, 3.8) is 0 Å².